The highest BCUT2D eigenvalue weighted by Crippen LogP contribution is 2.08. The van der Waals surface area contributed by atoms with Gasteiger partial charge in [0.05, 0.1) is 18.1 Å². The average Bonchev–Trinajstić information content (AvgIpc) is 2.81. The van der Waals surface area contributed by atoms with Gasteiger partial charge >= 0.3 is 0 Å². The van der Waals surface area contributed by atoms with Crippen molar-refractivity contribution in [3.8, 4) is 5.75 Å². The molecule has 2 N–H and O–H groups in total. The molecule has 6 heteroatoms. The number of aromatic hydroxyl groups is 1. The van der Waals surface area contributed by atoms with E-state index >= 15 is 0 Å². The van der Waals surface area contributed by atoms with Gasteiger partial charge in [-0.1, -0.05) is 0 Å². The molecule has 0 saturated carbocycles. The van der Waals surface area contributed by atoms with E-state index in [0.29, 0.717) is 12.1 Å². The quantitative estimate of drug-likeness (QED) is 0.836. The molecule has 0 spiro atoms. The van der Waals surface area contributed by atoms with Gasteiger partial charge in [0.15, 0.2) is 0 Å². The Morgan fingerprint density at radius 2 is 2.33 bits per heavy atom. The van der Waals surface area contributed by atoms with Crippen molar-refractivity contribution < 1.29 is 9.90 Å². The molecule has 2 rings (SSSR count). The fourth-order valence-electron chi connectivity index (χ4n) is 1.62. The Hall–Kier alpha value is -2.37. The van der Waals surface area contributed by atoms with Crippen LogP contribution >= 0.6 is 0 Å². The molecule has 0 saturated heterocycles. The highest BCUT2D eigenvalue weighted by molar-refractivity contribution is 5.94. The van der Waals surface area contributed by atoms with Crippen LogP contribution in [0.5, 0.6) is 5.75 Å². The smallest absolute Gasteiger partial charge is 0.253 e. The number of carbonyl (C=O) groups excluding carboxylic acids is 1. The number of nitrogens with one attached hydrogen (secondary N) is 1. The molecule has 18 heavy (non-hydrogen) atoms. The molecule has 0 aliphatic rings. The van der Waals surface area contributed by atoms with E-state index in [2.05, 4.69) is 15.3 Å². The third-order valence-corrected chi connectivity index (χ3v) is 2.41. The van der Waals surface area contributed by atoms with Crippen molar-refractivity contribution in [3.05, 3.63) is 42.7 Å². The highest BCUT2D eigenvalue weighted by atomic mass is 16.3. The number of imidazole rings is 1. The summed E-state index contributed by atoms with van der Waals surface area (Å²) < 4.78 is 1.88. The number of nitrogens with zero attached hydrogens (tertiary/aromatic N) is 3. The topological polar surface area (TPSA) is 80.0 Å². The minimum Gasteiger partial charge on any atom is -0.506 e. The summed E-state index contributed by atoms with van der Waals surface area (Å²) >= 11 is 0. The van der Waals surface area contributed by atoms with E-state index < -0.39 is 0 Å². The summed E-state index contributed by atoms with van der Waals surface area (Å²) in [4.78, 5) is 19.5. The second-order valence-electron chi connectivity index (χ2n) is 4.07. The van der Waals surface area contributed by atoms with Crippen molar-refractivity contribution in [1.29, 1.82) is 0 Å². The maximum Gasteiger partial charge on any atom is 0.253 e. The van der Waals surface area contributed by atoms with Crippen molar-refractivity contribution in [1.82, 2.24) is 19.9 Å². The van der Waals surface area contributed by atoms with Crippen LogP contribution in [0, 0.1) is 0 Å². The molecule has 2 heterocycles. The maximum absolute atomic E-state index is 11.8. The molecule has 2 aromatic rings. The van der Waals surface area contributed by atoms with Crippen LogP contribution in [0.2, 0.25) is 0 Å². The van der Waals surface area contributed by atoms with Crippen LogP contribution in [-0.4, -0.2) is 31.6 Å². The lowest BCUT2D eigenvalue weighted by molar-refractivity contribution is 0.0936. The van der Waals surface area contributed by atoms with Crippen LogP contribution in [0.1, 0.15) is 17.3 Å². The molecule has 1 atom stereocenters. The van der Waals surface area contributed by atoms with Gasteiger partial charge in [-0.3, -0.25) is 9.78 Å². The summed E-state index contributed by atoms with van der Waals surface area (Å²) in [6.45, 7) is 2.53. The normalized spacial score (nSPS) is 12.1. The molecule has 0 radical (unpaired) electrons. The molecule has 0 bridgehead atoms. The SMILES string of the molecule is CC(Cn1ccnc1)NC(=O)c1cncc(O)c1. The molecular formula is C12H14N4O2. The number of hydrogen-bond acceptors (Lipinski definition) is 4. The van der Waals surface area contributed by atoms with Gasteiger partial charge in [-0.15, -0.1) is 0 Å². The zero-order valence-corrected chi connectivity index (χ0v) is 9.95. The number of hydrogen-bond donors (Lipinski definition) is 2. The first-order valence-electron chi connectivity index (χ1n) is 5.56. The van der Waals surface area contributed by atoms with E-state index in [1.807, 2.05) is 17.7 Å². The number of pyridine rings is 1. The van der Waals surface area contributed by atoms with Gasteiger partial charge in [-0.25, -0.2) is 4.98 Å². The fraction of sp³-hybridized carbons (Fsp3) is 0.250. The lowest BCUT2D eigenvalue weighted by Crippen LogP contribution is -2.35. The van der Waals surface area contributed by atoms with E-state index in [9.17, 15) is 9.90 Å². The Balaban J connectivity index is 1.95. The van der Waals surface area contributed by atoms with Crippen molar-refractivity contribution in [2.75, 3.05) is 0 Å². The van der Waals surface area contributed by atoms with Crippen LogP contribution in [0.15, 0.2) is 37.2 Å². The van der Waals surface area contributed by atoms with Gasteiger partial charge in [-0.2, -0.15) is 0 Å². The lowest BCUT2D eigenvalue weighted by atomic mass is 10.2. The summed E-state index contributed by atoms with van der Waals surface area (Å²) in [5.41, 5.74) is 0.340. The van der Waals surface area contributed by atoms with Gasteiger partial charge in [0.2, 0.25) is 0 Å². The first-order chi connectivity index (χ1) is 8.65. The van der Waals surface area contributed by atoms with Crippen LogP contribution in [0.3, 0.4) is 0 Å². The van der Waals surface area contributed by atoms with E-state index in [0.717, 1.165) is 0 Å². The predicted octanol–water partition coefficient (Wildman–Crippen LogP) is 0.802. The standard InChI is InChI=1S/C12H14N4O2/c1-9(7-16-3-2-13-8-16)15-12(18)10-4-11(17)6-14-5-10/h2-6,8-9,17H,7H2,1H3,(H,15,18). The fourth-order valence-corrected chi connectivity index (χ4v) is 1.62. The average molecular weight is 246 g/mol. The number of rotatable bonds is 4. The van der Waals surface area contributed by atoms with Crippen molar-refractivity contribution in [3.63, 3.8) is 0 Å². The summed E-state index contributed by atoms with van der Waals surface area (Å²) in [5, 5.41) is 12.1. The van der Waals surface area contributed by atoms with E-state index in [4.69, 9.17) is 0 Å². The van der Waals surface area contributed by atoms with Crippen molar-refractivity contribution in [2.45, 2.75) is 19.5 Å². The first-order valence-corrected chi connectivity index (χ1v) is 5.56. The summed E-state index contributed by atoms with van der Waals surface area (Å²) in [5.74, 6) is -0.282. The van der Waals surface area contributed by atoms with E-state index in [-0.39, 0.29) is 17.7 Å². The Bertz CT molecular complexity index is 525. The Morgan fingerprint density at radius 3 is 3.00 bits per heavy atom. The minimum absolute atomic E-state index is 0.0232. The third-order valence-electron chi connectivity index (χ3n) is 2.41. The summed E-state index contributed by atoms with van der Waals surface area (Å²) in [7, 11) is 0. The Kier molecular flexibility index (Phi) is 3.57. The van der Waals surface area contributed by atoms with Gasteiger partial charge in [0.25, 0.3) is 5.91 Å². The van der Waals surface area contributed by atoms with Crippen LogP contribution in [0.4, 0.5) is 0 Å². The largest absolute Gasteiger partial charge is 0.506 e. The molecule has 6 nitrogen and oxygen atoms in total. The molecule has 0 fully saturated rings. The molecule has 2 aromatic heterocycles. The number of carbonyl (C=O) groups is 1. The van der Waals surface area contributed by atoms with Crippen LogP contribution in [0.25, 0.3) is 0 Å². The molecule has 1 amide bonds. The zero-order chi connectivity index (χ0) is 13.0. The van der Waals surface area contributed by atoms with E-state index in [1.54, 1.807) is 12.5 Å². The number of aromatic nitrogens is 3. The Labute approximate surface area is 104 Å². The van der Waals surface area contributed by atoms with Crippen molar-refractivity contribution >= 4 is 5.91 Å². The second-order valence-corrected chi connectivity index (χ2v) is 4.07. The second kappa shape index (κ2) is 5.31. The van der Waals surface area contributed by atoms with Gasteiger partial charge < -0.3 is 15.0 Å². The summed E-state index contributed by atoms with van der Waals surface area (Å²) in [6.07, 6.45) is 7.91. The van der Waals surface area contributed by atoms with Crippen LogP contribution in [-0.2, 0) is 6.54 Å². The molecule has 0 aromatic carbocycles. The summed E-state index contributed by atoms with van der Waals surface area (Å²) in [6, 6.07) is 1.33. The molecular weight excluding hydrogens is 232 g/mol. The van der Waals surface area contributed by atoms with Gasteiger partial charge in [-0.05, 0) is 13.0 Å². The maximum atomic E-state index is 11.8. The molecule has 1 unspecified atom stereocenters. The monoisotopic (exact) mass is 246 g/mol. The molecule has 0 aliphatic heterocycles. The van der Waals surface area contributed by atoms with E-state index in [1.165, 1.54) is 18.5 Å². The number of amides is 1. The highest BCUT2D eigenvalue weighted by Gasteiger charge is 2.10. The first kappa shape index (κ1) is 12.1. The molecule has 94 valence electrons. The van der Waals surface area contributed by atoms with Gasteiger partial charge in [0.1, 0.15) is 5.75 Å². The molecule has 0 aliphatic carbocycles. The third kappa shape index (κ3) is 3.07. The predicted molar refractivity (Wildman–Crippen MR) is 65.1 cm³/mol. The zero-order valence-electron chi connectivity index (χ0n) is 9.95. The minimum atomic E-state index is -0.258. The van der Waals surface area contributed by atoms with Gasteiger partial charge in [0, 0.05) is 31.2 Å². The lowest BCUT2D eigenvalue weighted by Gasteiger charge is -2.14. The van der Waals surface area contributed by atoms with Crippen molar-refractivity contribution in [2.24, 2.45) is 0 Å². The van der Waals surface area contributed by atoms with Crippen LogP contribution < -0.4 is 5.32 Å². The Morgan fingerprint density at radius 1 is 1.50 bits per heavy atom.